The number of nitrogens with zero attached hydrogens (tertiary/aromatic N) is 5. The second-order valence-corrected chi connectivity index (χ2v) is 9.77. The number of anilines is 1. The van der Waals surface area contributed by atoms with E-state index in [2.05, 4.69) is 10.00 Å². The average molecular weight is 456 g/mol. The van der Waals surface area contributed by atoms with Crippen LogP contribution in [0, 0.1) is 30.9 Å². The largest absolute Gasteiger partial charge is 0.366 e. The van der Waals surface area contributed by atoms with Crippen LogP contribution in [-0.4, -0.2) is 53.6 Å². The van der Waals surface area contributed by atoms with Gasteiger partial charge in [0.1, 0.15) is 0 Å². The molecule has 0 atom stereocenters. The Labute approximate surface area is 187 Å². The highest BCUT2D eigenvalue weighted by Crippen LogP contribution is 2.30. The van der Waals surface area contributed by atoms with E-state index >= 15 is 0 Å². The minimum absolute atomic E-state index is 0.00981. The molecule has 1 aliphatic heterocycles. The fourth-order valence-corrected chi connectivity index (χ4v) is 5.85. The number of nitro benzene ring substituents is 1. The molecule has 1 fully saturated rings. The van der Waals surface area contributed by atoms with Crippen LogP contribution in [-0.2, 0) is 10.0 Å². The molecule has 2 aromatic carbocycles. The highest BCUT2D eigenvalue weighted by atomic mass is 32.2. The van der Waals surface area contributed by atoms with E-state index in [4.69, 9.17) is 0 Å². The summed E-state index contributed by atoms with van der Waals surface area (Å²) in [6.07, 6.45) is 0. The number of aryl methyl sites for hydroxylation is 2. The SMILES string of the molecule is Cc1ccc([N+](=O)[O-])cc1S(=O)(=O)N1CCN(c2c(C)nn(-c3ccccc3)c2C)CC1. The van der Waals surface area contributed by atoms with E-state index in [1.54, 1.807) is 6.92 Å². The molecule has 0 spiro atoms. The Morgan fingerprint density at radius 3 is 2.25 bits per heavy atom. The number of para-hydroxylation sites is 1. The number of hydrogen-bond donors (Lipinski definition) is 0. The summed E-state index contributed by atoms with van der Waals surface area (Å²) in [5, 5.41) is 15.8. The Hall–Kier alpha value is -3.24. The highest BCUT2D eigenvalue weighted by molar-refractivity contribution is 7.89. The lowest BCUT2D eigenvalue weighted by Crippen LogP contribution is -2.49. The van der Waals surface area contributed by atoms with Gasteiger partial charge in [0.2, 0.25) is 10.0 Å². The van der Waals surface area contributed by atoms with E-state index in [0.29, 0.717) is 31.7 Å². The fourth-order valence-electron chi connectivity index (χ4n) is 4.18. The van der Waals surface area contributed by atoms with Crippen molar-refractivity contribution in [1.82, 2.24) is 14.1 Å². The van der Waals surface area contributed by atoms with Crippen molar-refractivity contribution < 1.29 is 13.3 Å². The third-order valence-electron chi connectivity index (χ3n) is 5.81. The minimum Gasteiger partial charge on any atom is -0.366 e. The number of piperazine rings is 1. The van der Waals surface area contributed by atoms with Crippen molar-refractivity contribution in [3.63, 3.8) is 0 Å². The van der Waals surface area contributed by atoms with Crippen molar-refractivity contribution in [3.05, 3.63) is 75.6 Å². The molecule has 168 valence electrons. The Morgan fingerprint density at radius 2 is 1.62 bits per heavy atom. The number of aromatic nitrogens is 2. The van der Waals surface area contributed by atoms with Crippen LogP contribution in [0.1, 0.15) is 17.0 Å². The van der Waals surface area contributed by atoms with Crippen LogP contribution in [0.5, 0.6) is 0 Å². The van der Waals surface area contributed by atoms with Gasteiger partial charge in [0.25, 0.3) is 5.69 Å². The normalized spacial score (nSPS) is 15.2. The first-order valence-corrected chi connectivity index (χ1v) is 11.8. The monoisotopic (exact) mass is 455 g/mol. The van der Waals surface area contributed by atoms with E-state index in [-0.39, 0.29) is 10.6 Å². The standard InChI is InChI=1S/C22H25N5O4S/c1-16-9-10-20(27(28)29)15-21(16)32(30,31)25-13-11-24(12-14-25)22-17(2)23-26(18(22)3)19-7-5-4-6-8-19/h4-10,15H,11-14H2,1-3H3. The number of nitro groups is 1. The van der Waals surface area contributed by atoms with Gasteiger partial charge in [0.15, 0.2) is 0 Å². The Balaban J connectivity index is 1.56. The van der Waals surface area contributed by atoms with E-state index < -0.39 is 14.9 Å². The second-order valence-electron chi connectivity index (χ2n) is 7.86. The predicted molar refractivity (Wildman–Crippen MR) is 122 cm³/mol. The van der Waals surface area contributed by atoms with Gasteiger partial charge in [-0.2, -0.15) is 9.40 Å². The van der Waals surface area contributed by atoms with Crippen molar-refractivity contribution >= 4 is 21.4 Å². The van der Waals surface area contributed by atoms with Gasteiger partial charge in [-0.15, -0.1) is 0 Å². The maximum Gasteiger partial charge on any atom is 0.270 e. The first-order valence-electron chi connectivity index (χ1n) is 10.3. The molecular weight excluding hydrogens is 430 g/mol. The van der Waals surface area contributed by atoms with Gasteiger partial charge < -0.3 is 4.90 Å². The third kappa shape index (κ3) is 3.87. The van der Waals surface area contributed by atoms with Crippen molar-refractivity contribution in [1.29, 1.82) is 0 Å². The minimum atomic E-state index is -3.83. The number of rotatable bonds is 5. The van der Waals surface area contributed by atoms with E-state index in [9.17, 15) is 18.5 Å². The van der Waals surface area contributed by atoms with Crippen LogP contribution in [0.15, 0.2) is 53.4 Å². The Bertz CT molecular complexity index is 1260. The van der Waals surface area contributed by atoms with Crippen LogP contribution in [0.4, 0.5) is 11.4 Å². The molecule has 1 saturated heterocycles. The van der Waals surface area contributed by atoms with Gasteiger partial charge in [0, 0.05) is 38.3 Å². The number of hydrogen-bond acceptors (Lipinski definition) is 6. The van der Waals surface area contributed by atoms with Gasteiger partial charge in [-0.1, -0.05) is 24.3 Å². The zero-order valence-electron chi connectivity index (χ0n) is 18.2. The van der Waals surface area contributed by atoms with Crippen molar-refractivity contribution in [2.45, 2.75) is 25.7 Å². The summed E-state index contributed by atoms with van der Waals surface area (Å²) in [6.45, 7) is 7.22. The highest BCUT2D eigenvalue weighted by Gasteiger charge is 2.32. The molecule has 0 bridgehead atoms. The van der Waals surface area contributed by atoms with E-state index in [1.165, 1.54) is 16.4 Å². The summed E-state index contributed by atoms with van der Waals surface area (Å²) in [4.78, 5) is 12.7. The fraction of sp³-hybridized carbons (Fsp3) is 0.318. The Morgan fingerprint density at radius 1 is 0.969 bits per heavy atom. The van der Waals surface area contributed by atoms with Crippen LogP contribution < -0.4 is 4.90 Å². The molecule has 32 heavy (non-hydrogen) atoms. The lowest BCUT2D eigenvalue weighted by molar-refractivity contribution is -0.385. The predicted octanol–water partition coefficient (Wildman–Crippen LogP) is 3.22. The molecule has 0 saturated carbocycles. The summed E-state index contributed by atoms with van der Waals surface area (Å²) >= 11 is 0. The first kappa shape index (κ1) is 22.0. The van der Waals surface area contributed by atoms with Gasteiger partial charge >= 0.3 is 0 Å². The topological polar surface area (TPSA) is 102 Å². The van der Waals surface area contributed by atoms with E-state index in [1.807, 2.05) is 48.9 Å². The maximum atomic E-state index is 13.2. The summed E-state index contributed by atoms with van der Waals surface area (Å²) in [5.41, 5.74) is 4.14. The molecule has 0 unspecified atom stereocenters. The van der Waals surface area contributed by atoms with E-state index in [0.717, 1.165) is 28.8 Å². The quantitative estimate of drug-likeness (QED) is 0.432. The molecule has 1 aliphatic rings. The summed E-state index contributed by atoms with van der Waals surface area (Å²) in [7, 11) is -3.83. The van der Waals surface area contributed by atoms with Gasteiger partial charge in [-0.05, 0) is 38.5 Å². The van der Waals surface area contributed by atoms with Gasteiger partial charge in [-0.3, -0.25) is 10.1 Å². The van der Waals surface area contributed by atoms with Gasteiger partial charge in [0.05, 0.1) is 32.6 Å². The summed E-state index contributed by atoms with van der Waals surface area (Å²) in [6, 6.07) is 13.8. The third-order valence-corrected chi connectivity index (χ3v) is 7.85. The van der Waals surface area contributed by atoms with Crippen LogP contribution >= 0.6 is 0 Å². The second kappa shape index (κ2) is 8.36. The molecule has 10 heteroatoms. The number of non-ortho nitro benzene ring substituents is 1. The molecule has 0 amide bonds. The Kier molecular flexibility index (Phi) is 5.74. The van der Waals surface area contributed by atoms with Crippen molar-refractivity contribution in [2.24, 2.45) is 0 Å². The molecule has 9 nitrogen and oxygen atoms in total. The molecule has 0 aliphatic carbocycles. The molecule has 4 rings (SSSR count). The van der Waals surface area contributed by atoms with Crippen molar-refractivity contribution in [3.8, 4) is 5.69 Å². The first-order chi connectivity index (χ1) is 15.2. The maximum absolute atomic E-state index is 13.2. The zero-order valence-corrected chi connectivity index (χ0v) is 19.0. The summed E-state index contributed by atoms with van der Waals surface area (Å²) in [5.74, 6) is 0. The van der Waals surface area contributed by atoms with Gasteiger partial charge in [-0.25, -0.2) is 13.1 Å². The zero-order chi connectivity index (χ0) is 23.0. The summed E-state index contributed by atoms with van der Waals surface area (Å²) < 4.78 is 29.7. The number of benzene rings is 2. The van der Waals surface area contributed by atoms with Crippen LogP contribution in [0.2, 0.25) is 0 Å². The molecule has 3 aromatic rings. The molecule has 2 heterocycles. The van der Waals surface area contributed by atoms with Crippen LogP contribution in [0.25, 0.3) is 5.69 Å². The smallest absolute Gasteiger partial charge is 0.270 e. The molecule has 0 radical (unpaired) electrons. The molecule has 1 aromatic heterocycles. The molecule has 0 N–H and O–H groups in total. The average Bonchev–Trinajstić information content (AvgIpc) is 3.08. The lowest BCUT2D eigenvalue weighted by atomic mass is 10.2. The molecular formula is C22H25N5O4S. The lowest BCUT2D eigenvalue weighted by Gasteiger charge is -2.35. The van der Waals surface area contributed by atoms with Crippen LogP contribution in [0.3, 0.4) is 0 Å². The van der Waals surface area contributed by atoms with Crippen molar-refractivity contribution in [2.75, 3.05) is 31.1 Å². The number of sulfonamides is 1.